The van der Waals surface area contributed by atoms with Crippen LogP contribution in [-0.2, 0) is 4.79 Å². The molecule has 3 heterocycles. The number of anilines is 2. The number of carbonyl (C=O) groups excluding carboxylic acids is 1. The first kappa shape index (κ1) is 24.5. The van der Waals surface area contributed by atoms with Crippen molar-refractivity contribution >= 4 is 51.8 Å². The van der Waals surface area contributed by atoms with Crippen molar-refractivity contribution in [3.8, 4) is 11.5 Å². The topological polar surface area (TPSA) is 80.2 Å². The number of para-hydroxylation sites is 1. The highest BCUT2D eigenvalue weighted by molar-refractivity contribution is 7.99. The Kier molecular flexibility index (Phi) is 7.69. The quantitative estimate of drug-likeness (QED) is 0.272. The highest BCUT2D eigenvalue weighted by atomic mass is 35.5. The minimum atomic E-state index is 0.122. The molecule has 5 rings (SSSR count). The summed E-state index contributed by atoms with van der Waals surface area (Å²) in [7, 11) is 0. The summed E-state index contributed by atoms with van der Waals surface area (Å²) in [6.07, 6.45) is 3.42. The average Bonchev–Trinajstić information content (AvgIpc) is 3.36. The van der Waals surface area contributed by atoms with Gasteiger partial charge in [-0.15, -0.1) is 0 Å². The van der Waals surface area contributed by atoms with Crippen LogP contribution in [0, 0.1) is 0 Å². The zero-order valence-electron chi connectivity index (χ0n) is 19.6. The van der Waals surface area contributed by atoms with Crippen molar-refractivity contribution in [2.75, 3.05) is 18.4 Å². The van der Waals surface area contributed by atoms with Gasteiger partial charge in [0, 0.05) is 48.4 Å². The summed E-state index contributed by atoms with van der Waals surface area (Å²) < 4.78 is 10.6. The lowest BCUT2D eigenvalue weighted by Gasteiger charge is -2.29. The summed E-state index contributed by atoms with van der Waals surface area (Å²) in [6, 6.07) is 19.2. The number of pyridine rings is 1. The van der Waals surface area contributed by atoms with E-state index in [0.717, 1.165) is 47.3 Å². The second-order valence-electron chi connectivity index (χ2n) is 8.33. The monoisotopic (exact) mass is 537 g/mol. The Labute approximate surface area is 223 Å². The lowest BCUT2D eigenvalue weighted by atomic mass is 9.96. The molecule has 36 heavy (non-hydrogen) atoms. The van der Waals surface area contributed by atoms with Crippen molar-refractivity contribution in [1.82, 2.24) is 19.2 Å². The predicted molar refractivity (Wildman–Crippen MR) is 144 cm³/mol. The number of amides is 1. The third-order valence-electron chi connectivity index (χ3n) is 5.84. The number of carbonyl (C=O) groups is 1. The van der Waals surface area contributed by atoms with E-state index in [2.05, 4.69) is 14.7 Å². The molecule has 1 N–H and O–H groups in total. The summed E-state index contributed by atoms with van der Waals surface area (Å²) >= 11 is 9.25. The van der Waals surface area contributed by atoms with Gasteiger partial charge in [-0.25, -0.2) is 9.97 Å². The smallest absolute Gasteiger partial charge is 0.219 e. The van der Waals surface area contributed by atoms with Crippen LogP contribution in [0.3, 0.4) is 0 Å². The molecule has 1 aliphatic rings. The number of nitrogens with one attached hydrogen (secondary N) is 1. The number of aromatic nitrogens is 3. The van der Waals surface area contributed by atoms with Crippen LogP contribution in [0.1, 0.15) is 31.5 Å². The molecule has 0 spiro atoms. The molecule has 1 fully saturated rings. The number of piperidine rings is 1. The maximum atomic E-state index is 11.6. The molecule has 2 aromatic heterocycles. The Morgan fingerprint density at radius 2 is 1.83 bits per heavy atom. The van der Waals surface area contributed by atoms with E-state index in [-0.39, 0.29) is 11.8 Å². The van der Waals surface area contributed by atoms with Gasteiger partial charge in [-0.2, -0.15) is 4.37 Å². The molecular weight excluding hydrogens is 514 g/mol. The first-order valence-corrected chi connectivity index (χ1v) is 13.5. The van der Waals surface area contributed by atoms with E-state index < -0.39 is 0 Å². The fraction of sp³-hybridized carbons (Fsp3) is 0.231. The largest absolute Gasteiger partial charge is 0.456 e. The van der Waals surface area contributed by atoms with E-state index in [1.165, 1.54) is 23.3 Å². The lowest BCUT2D eigenvalue weighted by molar-refractivity contribution is -0.129. The Hall–Kier alpha value is -3.14. The third kappa shape index (κ3) is 5.98. The van der Waals surface area contributed by atoms with E-state index in [9.17, 15) is 4.79 Å². The molecule has 0 saturated carbocycles. The molecule has 10 heteroatoms. The summed E-state index contributed by atoms with van der Waals surface area (Å²) in [5, 5.41) is 4.67. The van der Waals surface area contributed by atoms with Crippen LogP contribution in [0.5, 0.6) is 11.5 Å². The zero-order chi connectivity index (χ0) is 24.9. The lowest BCUT2D eigenvalue weighted by Crippen LogP contribution is -2.36. The van der Waals surface area contributed by atoms with Crippen molar-refractivity contribution in [1.29, 1.82) is 0 Å². The number of halogens is 1. The van der Waals surface area contributed by atoms with Crippen LogP contribution in [0.4, 0.5) is 10.9 Å². The Morgan fingerprint density at radius 3 is 2.58 bits per heavy atom. The van der Waals surface area contributed by atoms with Crippen molar-refractivity contribution in [2.45, 2.75) is 35.5 Å². The van der Waals surface area contributed by atoms with E-state index in [4.69, 9.17) is 21.3 Å². The Balaban J connectivity index is 1.36. The van der Waals surface area contributed by atoms with Gasteiger partial charge in [-0.3, -0.25) is 4.79 Å². The van der Waals surface area contributed by atoms with Gasteiger partial charge >= 0.3 is 0 Å². The van der Waals surface area contributed by atoms with Crippen LogP contribution in [0.2, 0.25) is 5.02 Å². The first-order valence-electron chi connectivity index (χ1n) is 11.6. The van der Waals surface area contributed by atoms with Gasteiger partial charge in [0.1, 0.15) is 23.1 Å². The minimum absolute atomic E-state index is 0.122. The maximum Gasteiger partial charge on any atom is 0.219 e. The molecule has 0 bridgehead atoms. The fourth-order valence-corrected chi connectivity index (χ4v) is 5.75. The van der Waals surface area contributed by atoms with Gasteiger partial charge in [0.05, 0.1) is 16.1 Å². The van der Waals surface area contributed by atoms with Gasteiger partial charge in [-0.1, -0.05) is 53.7 Å². The van der Waals surface area contributed by atoms with Crippen LogP contribution in [0.25, 0.3) is 0 Å². The van der Waals surface area contributed by atoms with Gasteiger partial charge in [0.15, 0.2) is 0 Å². The first-order chi connectivity index (χ1) is 17.5. The number of ether oxygens (including phenoxy) is 1. The van der Waals surface area contributed by atoms with Crippen molar-refractivity contribution in [3.05, 3.63) is 77.7 Å². The number of nitrogens with zero attached hydrogens (tertiary/aromatic N) is 4. The molecule has 0 aliphatic carbocycles. The molecular formula is C26H24ClN5O2S2. The van der Waals surface area contributed by atoms with Gasteiger partial charge in [0.2, 0.25) is 11.0 Å². The standard InChI is InChI=1S/C26H24ClN5O2S2/c1-17(33)32-13-11-18(12-14-32)24-29-26(36-31-24)30-25-23(35-22-10-6-5-9-21(22)27)15-20(16-28-25)34-19-7-3-2-4-8-19/h2-10,15-16,18H,11-14H2,1H3,(H,28,29,30,31). The summed E-state index contributed by atoms with van der Waals surface area (Å²) in [5.74, 6) is 3.19. The Morgan fingerprint density at radius 1 is 1.08 bits per heavy atom. The number of hydrogen-bond acceptors (Lipinski definition) is 8. The summed E-state index contributed by atoms with van der Waals surface area (Å²) in [6.45, 7) is 3.10. The third-order valence-corrected chi connectivity index (χ3v) is 8.03. The summed E-state index contributed by atoms with van der Waals surface area (Å²) in [5.41, 5.74) is 0. The molecule has 1 amide bonds. The highest BCUT2D eigenvalue weighted by Gasteiger charge is 2.25. The van der Waals surface area contributed by atoms with E-state index in [1.54, 1.807) is 13.1 Å². The molecule has 1 saturated heterocycles. The summed E-state index contributed by atoms with van der Waals surface area (Å²) in [4.78, 5) is 24.6. The SMILES string of the molecule is CC(=O)N1CCC(c2nsc(Nc3ncc(Oc4ccccc4)cc3Sc3ccccc3Cl)n2)CC1. The molecule has 184 valence electrons. The second kappa shape index (κ2) is 11.3. The van der Waals surface area contributed by atoms with Crippen LogP contribution < -0.4 is 10.1 Å². The van der Waals surface area contributed by atoms with Gasteiger partial charge < -0.3 is 15.0 Å². The highest BCUT2D eigenvalue weighted by Crippen LogP contribution is 2.40. The van der Waals surface area contributed by atoms with Crippen molar-refractivity contribution < 1.29 is 9.53 Å². The van der Waals surface area contributed by atoms with E-state index >= 15 is 0 Å². The van der Waals surface area contributed by atoms with E-state index in [1.807, 2.05) is 65.6 Å². The zero-order valence-corrected chi connectivity index (χ0v) is 21.9. The average molecular weight is 538 g/mol. The second-order valence-corrected chi connectivity index (χ2v) is 10.6. The number of hydrogen-bond donors (Lipinski definition) is 1. The van der Waals surface area contributed by atoms with Crippen molar-refractivity contribution in [2.24, 2.45) is 0 Å². The van der Waals surface area contributed by atoms with Crippen LogP contribution >= 0.6 is 34.9 Å². The fourth-order valence-electron chi connectivity index (χ4n) is 3.93. The Bertz CT molecular complexity index is 1340. The number of benzene rings is 2. The van der Waals surface area contributed by atoms with Gasteiger partial charge in [0.25, 0.3) is 0 Å². The normalized spacial score (nSPS) is 14.0. The molecule has 7 nitrogen and oxygen atoms in total. The molecule has 0 radical (unpaired) electrons. The van der Waals surface area contributed by atoms with Gasteiger partial charge in [-0.05, 0) is 37.1 Å². The molecule has 0 unspecified atom stereocenters. The van der Waals surface area contributed by atoms with Crippen LogP contribution in [-0.4, -0.2) is 38.2 Å². The molecule has 4 aromatic rings. The number of rotatable bonds is 7. The maximum absolute atomic E-state index is 11.6. The molecule has 0 atom stereocenters. The molecule has 1 aliphatic heterocycles. The van der Waals surface area contributed by atoms with Crippen molar-refractivity contribution in [3.63, 3.8) is 0 Å². The molecule has 2 aromatic carbocycles. The van der Waals surface area contributed by atoms with E-state index in [0.29, 0.717) is 21.7 Å². The van der Waals surface area contributed by atoms with Crippen LogP contribution in [0.15, 0.2) is 76.7 Å². The minimum Gasteiger partial charge on any atom is -0.456 e. The number of likely N-dealkylation sites (tertiary alicyclic amines) is 1. The predicted octanol–water partition coefficient (Wildman–Crippen LogP) is 7.00.